The Hall–Kier alpha value is -3.45. The Morgan fingerprint density at radius 3 is 2.38 bits per heavy atom. The summed E-state index contributed by atoms with van der Waals surface area (Å²) in [5.74, 6) is 1.28. The molecule has 0 unspecified atom stereocenters. The Morgan fingerprint density at radius 1 is 0.938 bits per heavy atom. The van der Waals surface area contributed by atoms with Gasteiger partial charge >= 0.3 is 0 Å². The summed E-state index contributed by atoms with van der Waals surface area (Å²) < 4.78 is 1.73. The molecule has 162 valence electrons. The Morgan fingerprint density at radius 2 is 1.62 bits per heavy atom. The summed E-state index contributed by atoms with van der Waals surface area (Å²) in [6, 6.07) is 25.9. The van der Waals surface area contributed by atoms with Crippen molar-refractivity contribution in [3.05, 3.63) is 101 Å². The van der Waals surface area contributed by atoms with Crippen LogP contribution in [-0.4, -0.2) is 38.1 Å². The number of aromatic nitrogens is 4. The molecule has 3 aromatic carbocycles. The molecule has 7 heteroatoms. The molecule has 32 heavy (non-hydrogen) atoms. The summed E-state index contributed by atoms with van der Waals surface area (Å²) in [7, 11) is 1.84. The van der Waals surface area contributed by atoms with E-state index in [-0.39, 0.29) is 5.91 Å². The van der Waals surface area contributed by atoms with Crippen molar-refractivity contribution in [2.75, 3.05) is 7.05 Å². The van der Waals surface area contributed by atoms with Gasteiger partial charge in [-0.05, 0) is 52.2 Å². The van der Waals surface area contributed by atoms with Crippen molar-refractivity contribution in [3.63, 3.8) is 0 Å². The van der Waals surface area contributed by atoms with Gasteiger partial charge < -0.3 is 4.90 Å². The van der Waals surface area contributed by atoms with Gasteiger partial charge in [-0.2, -0.15) is 4.68 Å². The SMILES string of the molecule is CCc1ccc(CN(C)C(=O)c2ccccc2SCc2nnnn2-c2ccccc2)cc1. The first-order valence-electron chi connectivity index (χ1n) is 10.5. The molecule has 0 bridgehead atoms. The number of rotatable bonds is 8. The van der Waals surface area contributed by atoms with E-state index in [2.05, 4.69) is 46.7 Å². The molecule has 1 heterocycles. The lowest BCUT2D eigenvalue weighted by atomic mass is 10.1. The zero-order chi connectivity index (χ0) is 22.3. The van der Waals surface area contributed by atoms with Gasteiger partial charge in [-0.3, -0.25) is 4.79 Å². The summed E-state index contributed by atoms with van der Waals surface area (Å²) in [5, 5.41) is 12.1. The third-order valence-electron chi connectivity index (χ3n) is 5.21. The quantitative estimate of drug-likeness (QED) is 0.367. The molecule has 0 fully saturated rings. The number of para-hydroxylation sites is 1. The van der Waals surface area contributed by atoms with Crippen molar-refractivity contribution in [1.29, 1.82) is 0 Å². The minimum atomic E-state index is -0.00433. The van der Waals surface area contributed by atoms with E-state index >= 15 is 0 Å². The van der Waals surface area contributed by atoms with E-state index in [0.717, 1.165) is 28.4 Å². The topological polar surface area (TPSA) is 63.9 Å². The zero-order valence-electron chi connectivity index (χ0n) is 18.2. The number of nitrogens with zero attached hydrogens (tertiary/aromatic N) is 5. The standard InChI is InChI=1S/C25H25N5OS/c1-3-19-13-15-20(16-14-19)17-29(2)25(31)22-11-7-8-12-23(22)32-18-24-26-27-28-30(24)21-9-5-4-6-10-21/h4-16H,3,17-18H2,1-2H3. The minimum Gasteiger partial charge on any atom is -0.337 e. The van der Waals surface area contributed by atoms with Crippen LogP contribution in [0.15, 0.2) is 83.8 Å². The van der Waals surface area contributed by atoms with Crippen molar-refractivity contribution in [1.82, 2.24) is 25.1 Å². The molecule has 0 aliphatic heterocycles. The van der Waals surface area contributed by atoms with Crippen LogP contribution in [0.4, 0.5) is 0 Å². The molecule has 1 aromatic heterocycles. The molecule has 1 amide bonds. The fourth-order valence-electron chi connectivity index (χ4n) is 3.41. The first kappa shape index (κ1) is 21.8. The fourth-order valence-corrected chi connectivity index (χ4v) is 4.36. The van der Waals surface area contributed by atoms with Crippen molar-refractivity contribution in [2.24, 2.45) is 0 Å². The summed E-state index contributed by atoms with van der Waals surface area (Å²) in [5.41, 5.74) is 4.00. The maximum atomic E-state index is 13.2. The highest BCUT2D eigenvalue weighted by Crippen LogP contribution is 2.27. The predicted molar refractivity (Wildman–Crippen MR) is 127 cm³/mol. The fraction of sp³-hybridized carbons (Fsp3) is 0.200. The average Bonchev–Trinajstić information content (AvgIpc) is 3.32. The van der Waals surface area contributed by atoms with Crippen molar-refractivity contribution in [2.45, 2.75) is 30.5 Å². The molecule has 0 saturated heterocycles. The molecule has 6 nitrogen and oxygen atoms in total. The lowest BCUT2D eigenvalue weighted by Gasteiger charge is -2.19. The predicted octanol–water partition coefficient (Wildman–Crippen LogP) is 4.79. The maximum absolute atomic E-state index is 13.2. The molecule has 0 aliphatic rings. The molecule has 4 rings (SSSR count). The number of tetrazole rings is 1. The molecule has 0 spiro atoms. The lowest BCUT2D eigenvalue weighted by molar-refractivity contribution is 0.0781. The van der Waals surface area contributed by atoms with Crippen LogP contribution in [0.1, 0.15) is 34.2 Å². The third-order valence-corrected chi connectivity index (χ3v) is 6.28. The number of hydrogen-bond acceptors (Lipinski definition) is 5. The second-order valence-corrected chi connectivity index (χ2v) is 8.48. The van der Waals surface area contributed by atoms with Crippen LogP contribution in [-0.2, 0) is 18.7 Å². The third kappa shape index (κ3) is 5.06. The largest absolute Gasteiger partial charge is 0.337 e. The van der Waals surface area contributed by atoms with Gasteiger partial charge in [0.05, 0.1) is 17.0 Å². The smallest absolute Gasteiger partial charge is 0.255 e. The van der Waals surface area contributed by atoms with Crippen LogP contribution in [0, 0.1) is 0 Å². The Bertz CT molecular complexity index is 1170. The number of aryl methyl sites for hydroxylation is 1. The van der Waals surface area contributed by atoms with Crippen molar-refractivity contribution in [3.8, 4) is 5.69 Å². The van der Waals surface area contributed by atoms with Crippen LogP contribution in [0.5, 0.6) is 0 Å². The van der Waals surface area contributed by atoms with E-state index in [1.807, 2.05) is 61.6 Å². The molecule has 0 atom stereocenters. The number of benzene rings is 3. The monoisotopic (exact) mass is 443 g/mol. The van der Waals surface area contributed by atoms with E-state index in [1.54, 1.807) is 21.3 Å². The van der Waals surface area contributed by atoms with Crippen LogP contribution in [0.3, 0.4) is 0 Å². The number of carbonyl (C=O) groups is 1. The molecular formula is C25H25N5OS. The highest BCUT2D eigenvalue weighted by atomic mass is 32.2. The van der Waals surface area contributed by atoms with E-state index in [4.69, 9.17) is 0 Å². The minimum absolute atomic E-state index is 0.00433. The van der Waals surface area contributed by atoms with Crippen molar-refractivity contribution >= 4 is 17.7 Å². The van der Waals surface area contributed by atoms with Gasteiger partial charge in [0.25, 0.3) is 5.91 Å². The van der Waals surface area contributed by atoms with Crippen LogP contribution < -0.4 is 0 Å². The maximum Gasteiger partial charge on any atom is 0.255 e. The van der Waals surface area contributed by atoms with Gasteiger partial charge in [0.15, 0.2) is 5.82 Å². The van der Waals surface area contributed by atoms with Crippen LogP contribution in [0.25, 0.3) is 5.69 Å². The Balaban J connectivity index is 1.47. The van der Waals surface area contributed by atoms with Gasteiger partial charge in [-0.15, -0.1) is 16.9 Å². The van der Waals surface area contributed by atoms with Gasteiger partial charge in [-0.25, -0.2) is 0 Å². The number of amides is 1. The van der Waals surface area contributed by atoms with Crippen LogP contribution in [0.2, 0.25) is 0 Å². The molecular weight excluding hydrogens is 418 g/mol. The normalized spacial score (nSPS) is 10.8. The average molecular weight is 444 g/mol. The first-order chi connectivity index (χ1) is 15.7. The second-order valence-electron chi connectivity index (χ2n) is 7.46. The van der Waals surface area contributed by atoms with Gasteiger partial charge in [0, 0.05) is 18.5 Å². The lowest BCUT2D eigenvalue weighted by Crippen LogP contribution is -2.26. The Kier molecular flexibility index (Phi) is 6.97. The number of hydrogen-bond donors (Lipinski definition) is 0. The summed E-state index contributed by atoms with van der Waals surface area (Å²) >= 11 is 1.56. The highest BCUT2D eigenvalue weighted by Gasteiger charge is 2.17. The first-order valence-corrected chi connectivity index (χ1v) is 11.5. The summed E-state index contributed by atoms with van der Waals surface area (Å²) in [6.45, 7) is 2.70. The second kappa shape index (κ2) is 10.2. The van der Waals surface area contributed by atoms with Crippen LogP contribution >= 0.6 is 11.8 Å². The molecule has 0 saturated carbocycles. The molecule has 0 N–H and O–H groups in total. The number of thioether (sulfide) groups is 1. The summed E-state index contributed by atoms with van der Waals surface area (Å²) in [4.78, 5) is 15.9. The summed E-state index contributed by atoms with van der Waals surface area (Å²) in [6.07, 6.45) is 1.01. The Labute approximate surface area is 192 Å². The van der Waals surface area contributed by atoms with Gasteiger partial charge in [-0.1, -0.05) is 61.5 Å². The number of carbonyl (C=O) groups excluding carboxylic acids is 1. The van der Waals surface area contributed by atoms with E-state index in [9.17, 15) is 4.79 Å². The highest BCUT2D eigenvalue weighted by molar-refractivity contribution is 7.98. The van der Waals surface area contributed by atoms with E-state index in [1.165, 1.54) is 5.56 Å². The zero-order valence-corrected chi connectivity index (χ0v) is 19.0. The van der Waals surface area contributed by atoms with E-state index in [0.29, 0.717) is 17.9 Å². The molecule has 0 aliphatic carbocycles. The molecule has 4 aromatic rings. The molecule has 0 radical (unpaired) electrons. The van der Waals surface area contributed by atoms with Gasteiger partial charge in [0.2, 0.25) is 0 Å². The van der Waals surface area contributed by atoms with E-state index < -0.39 is 0 Å². The van der Waals surface area contributed by atoms with Crippen molar-refractivity contribution < 1.29 is 4.79 Å². The van der Waals surface area contributed by atoms with Gasteiger partial charge in [0.1, 0.15) is 0 Å².